The van der Waals surface area contributed by atoms with Crippen molar-refractivity contribution in [1.82, 2.24) is 0 Å². The highest BCUT2D eigenvalue weighted by molar-refractivity contribution is 5.88. The third-order valence-electron chi connectivity index (χ3n) is 3.95. The number of rotatable bonds is 5. The lowest BCUT2D eigenvalue weighted by atomic mass is 10.0. The average Bonchev–Trinajstić information content (AvgIpc) is 2.63. The Morgan fingerprint density at radius 1 is 1.04 bits per heavy atom. The normalized spacial score (nSPS) is 10.4. The number of carboxylic acids is 1. The number of hydrogen-bond acceptors (Lipinski definition) is 4. The van der Waals surface area contributed by atoms with E-state index in [1.165, 1.54) is 25.3 Å². The van der Waals surface area contributed by atoms with Gasteiger partial charge in [0.2, 0.25) is 0 Å². The molecule has 0 unspecified atom stereocenters. The predicted octanol–water partition coefficient (Wildman–Crippen LogP) is 4.53. The molecule has 0 spiro atoms. The molecule has 3 aromatic carbocycles. The third kappa shape index (κ3) is 3.59. The number of nitrogen functional groups attached to an aromatic ring is 1. The zero-order valence-electron chi connectivity index (χ0n) is 14.0. The van der Waals surface area contributed by atoms with Crippen LogP contribution in [-0.4, -0.2) is 18.2 Å². The number of nitrogens with two attached hydrogens (primary N) is 1. The molecule has 0 bridgehead atoms. The number of halogens is 1. The van der Waals surface area contributed by atoms with Crippen molar-refractivity contribution < 1.29 is 19.0 Å². The summed E-state index contributed by atoms with van der Waals surface area (Å²) in [6.45, 7) is 0. The molecule has 0 heterocycles. The van der Waals surface area contributed by atoms with Crippen LogP contribution in [0.4, 0.5) is 21.5 Å². The van der Waals surface area contributed by atoms with Crippen LogP contribution in [0.3, 0.4) is 0 Å². The molecule has 3 aromatic rings. The molecule has 0 aliphatic rings. The Bertz CT molecular complexity index is 956. The summed E-state index contributed by atoms with van der Waals surface area (Å²) in [7, 11) is 1.42. The fraction of sp³-hybridized carbons (Fsp3) is 0.0500. The van der Waals surface area contributed by atoms with Crippen molar-refractivity contribution in [3.05, 3.63) is 72.0 Å². The van der Waals surface area contributed by atoms with Crippen molar-refractivity contribution in [3.8, 4) is 16.9 Å². The molecular weight excluding hydrogens is 335 g/mol. The van der Waals surface area contributed by atoms with Crippen molar-refractivity contribution in [1.29, 1.82) is 0 Å². The molecule has 0 atom stereocenters. The largest absolute Gasteiger partial charge is 0.494 e. The predicted molar refractivity (Wildman–Crippen MR) is 99.5 cm³/mol. The maximum Gasteiger partial charge on any atom is 0.335 e. The number of methoxy groups -OCH3 is 1. The van der Waals surface area contributed by atoms with Gasteiger partial charge in [0, 0.05) is 5.69 Å². The number of nitrogens with one attached hydrogen (secondary N) is 1. The molecule has 0 radical (unpaired) electrons. The molecule has 26 heavy (non-hydrogen) atoms. The minimum atomic E-state index is -0.979. The van der Waals surface area contributed by atoms with Gasteiger partial charge in [-0.15, -0.1) is 0 Å². The molecule has 0 aromatic heterocycles. The molecule has 132 valence electrons. The van der Waals surface area contributed by atoms with E-state index in [0.29, 0.717) is 22.6 Å². The van der Waals surface area contributed by atoms with Crippen LogP contribution < -0.4 is 15.8 Å². The average molecular weight is 352 g/mol. The fourth-order valence-electron chi connectivity index (χ4n) is 2.55. The first-order valence-electron chi connectivity index (χ1n) is 7.82. The minimum Gasteiger partial charge on any atom is -0.494 e. The van der Waals surface area contributed by atoms with Gasteiger partial charge in [-0.3, -0.25) is 0 Å². The van der Waals surface area contributed by atoms with Crippen LogP contribution >= 0.6 is 0 Å². The maximum atomic E-state index is 13.9. The number of carboxylic acid groups (broad SMARTS) is 1. The maximum absolute atomic E-state index is 13.9. The summed E-state index contributed by atoms with van der Waals surface area (Å²) >= 11 is 0. The Balaban J connectivity index is 1.83. The van der Waals surface area contributed by atoms with Crippen LogP contribution in [-0.2, 0) is 0 Å². The Kier molecular flexibility index (Phi) is 4.75. The summed E-state index contributed by atoms with van der Waals surface area (Å²) in [5.74, 6) is -1.23. The zero-order valence-corrected chi connectivity index (χ0v) is 14.0. The van der Waals surface area contributed by atoms with E-state index >= 15 is 0 Å². The summed E-state index contributed by atoms with van der Waals surface area (Å²) < 4.78 is 18.8. The summed E-state index contributed by atoms with van der Waals surface area (Å²) in [4.78, 5) is 10.9. The second-order valence-electron chi connectivity index (χ2n) is 5.66. The van der Waals surface area contributed by atoms with Crippen molar-refractivity contribution in [2.45, 2.75) is 0 Å². The Morgan fingerprint density at radius 2 is 1.69 bits per heavy atom. The molecule has 0 saturated carbocycles. The number of ether oxygens (including phenoxy) is 1. The molecule has 0 aliphatic heterocycles. The van der Waals surface area contributed by atoms with Gasteiger partial charge in [0.1, 0.15) is 0 Å². The first-order valence-corrected chi connectivity index (χ1v) is 7.82. The first kappa shape index (κ1) is 17.3. The van der Waals surface area contributed by atoms with E-state index in [-0.39, 0.29) is 11.3 Å². The minimum absolute atomic E-state index is 0.185. The van der Waals surface area contributed by atoms with Gasteiger partial charge in [-0.1, -0.05) is 12.1 Å². The molecule has 0 fully saturated rings. The Labute approximate surface area is 149 Å². The van der Waals surface area contributed by atoms with Gasteiger partial charge in [0.05, 0.1) is 24.0 Å². The lowest BCUT2D eigenvalue weighted by Crippen LogP contribution is -1.99. The molecule has 0 saturated heterocycles. The van der Waals surface area contributed by atoms with Crippen molar-refractivity contribution in [2.75, 3.05) is 18.2 Å². The van der Waals surface area contributed by atoms with Crippen LogP contribution in [0.25, 0.3) is 11.1 Å². The van der Waals surface area contributed by atoms with Gasteiger partial charge in [0.15, 0.2) is 11.6 Å². The van der Waals surface area contributed by atoms with Crippen LogP contribution in [0.5, 0.6) is 5.75 Å². The van der Waals surface area contributed by atoms with Crippen LogP contribution in [0.2, 0.25) is 0 Å². The van der Waals surface area contributed by atoms with E-state index in [2.05, 4.69) is 5.32 Å². The second-order valence-corrected chi connectivity index (χ2v) is 5.66. The molecule has 3 rings (SSSR count). The SMILES string of the molecule is COc1ccc(-c2ccc(Nc3ccc(C(=O)O)cc3)c(N)c2)cc1F. The number of benzene rings is 3. The van der Waals surface area contributed by atoms with E-state index < -0.39 is 11.8 Å². The summed E-state index contributed by atoms with van der Waals surface area (Å²) in [6, 6.07) is 16.4. The van der Waals surface area contributed by atoms with E-state index in [4.69, 9.17) is 15.6 Å². The van der Waals surface area contributed by atoms with E-state index in [1.807, 2.05) is 6.07 Å². The van der Waals surface area contributed by atoms with Crippen LogP contribution in [0, 0.1) is 5.82 Å². The van der Waals surface area contributed by atoms with Crippen molar-refractivity contribution in [3.63, 3.8) is 0 Å². The third-order valence-corrected chi connectivity index (χ3v) is 3.95. The Hall–Kier alpha value is -3.54. The van der Waals surface area contributed by atoms with E-state index in [9.17, 15) is 9.18 Å². The van der Waals surface area contributed by atoms with Crippen molar-refractivity contribution in [2.24, 2.45) is 0 Å². The van der Waals surface area contributed by atoms with Gasteiger partial charge >= 0.3 is 5.97 Å². The van der Waals surface area contributed by atoms with Gasteiger partial charge in [-0.05, 0) is 59.7 Å². The summed E-state index contributed by atoms with van der Waals surface area (Å²) in [6.07, 6.45) is 0. The molecule has 4 N–H and O–H groups in total. The summed E-state index contributed by atoms with van der Waals surface area (Å²) in [5, 5.41) is 12.1. The zero-order chi connectivity index (χ0) is 18.7. The van der Waals surface area contributed by atoms with Crippen LogP contribution in [0.1, 0.15) is 10.4 Å². The topological polar surface area (TPSA) is 84.6 Å². The number of carbonyl (C=O) groups is 1. The number of aromatic carboxylic acids is 1. The highest BCUT2D eigenvalue weighted by Gasteiger charge is 2.08. The highest BCUT2D eigenvalue weighted by Crippen LogP contribution is 2.31. The molecule has 6 heteroatoms. The van der Waals surface area contributed by atoms with E-state index in [1.54, 1.807) is 36.4 Å². The first-order chi connectivity index (χ1) is 12.5. The van der Waals surface area contributed by atoms with Gasteiger partial charge in [-0.2, -0.15) is 0 Å². The molecular formula is C20H17FN2O3. The quantitative estimate of drug-likeness (QED) is 0.588. The fourth-order valence-corrected chi connectivity index (χ4v) is 2.55. The lowest BCUT2D eigenvalue weighted by Gasteiger charge is -2.12. The summed E-state index contributed by atoms with van der Waals surface area (Å²) in [5.41, 5.74) is 9.65. The monoisotopic (exact) mass is 352 g/mol. The van der Waals surface area contributed by atoms with Gasteiger partial charge < -0.3 is 20.9 Å². The number of anilines is 3. The van der Waals surface area contributed by atoms with Gasteiger partial charge in [0.25, 0.3) is 0 Å². The highest BCUT2D eigenvalue weighted by atomic mass is 19.1. The van der Waals surface area contributed by atoms with E-state index in [0.717, 1.165) is 5.56 Å². The lowest BCUT2D eigenvalue weighted by molar-refractivity contribution is 0.0697. The molecule has 5 nitrogen and oxygen atoms in total. The van der Waals surface area contributed by atoms with Crippen LogP contribution in [0.15, 0.2) is 60.7 Å². The molecule has 0 aliphatic carbocycles. The number of hydrogen-bond donors (Lipinski definition) is 3. The van der Waals surface area contributed by atoms with Crippen molar-refractivity contribution >= 4 is 23.0 Å². The second kappa shape index (κ2) is 7.14. The smallest absolute Gasteiger partial charge is 0.335 e. The van der Waals surface area contributed by atoms with Gasteiger partial charge in [-0.25, -0.2) is 9.18 Å². The Morgan fingerprint density at radius 3 is 2.27 bits per heavy atom. The standard InChI is InChI=1S/C20H17FN2O3/c1-26-19-9-5-13(10-16(19)21)14-4-8-18(17(22)11-14)23-15-6-2-12(3-7-15)20(24)25/h2-11,23H,22H2,1H3,(H,24,25). The molecule has 0 amide bonds.